The van der Waals surface area contributed by atoms with Crippen LogP contribution in [-0.2, 0) is 0 Å². The van der Waals surface area contributed by atoms with Crippen LogP contribution in [0.3, 0.4) is 0 Å². The van der Waals surface area contributed by atoms with Gasteiger partial charge in [0, 0.05) is 12.7 Å². The van der Waals surface area contributed by atoms with Gasteiger partial charge in [0.2, 0.25) is 0 Å². The fraction of sp³-hybridized carbons (Fsp3) is 0.308. The van der Waals surface area contributed by atoms with E-state index in [4.69, 9.17) is 0 Å². The number of rotatable bonds is 6. The average Bonchev–Trinajstić information content (AvgIpc) is 2.85. The minimum absolute atomic E-state index is 0.160. The lowest BCUT2D eigenvalue weighted by Gasteiger charge is -2.04. The Balaban J connectivity index is 2.07. The van der Waals surface area contributed by atoms with Gasteiger partial charge in [0.1, 0.15) is 5.75 Å². The van der Waals surface area contributed by atoms with Gasteiger partial charge in [0.05, 0.1) is 4.88 Å². The molecule has 1 aromatic heterocycles. The van der Waals surface area contributed by atoms with Crippen LogP contribution in [0.15, 0.2) is 30.5 Å². The summed E-state index contributed by atoms with van der Waals surface area (Å²) in [5.41, 5.74) is 0.934. The van der Waals surface area contributed by atoms with E-state index in [1.54, 1.807) is 18.3 Å². The highest BCUT2D eigenvalue weighted by Gasteiger charge is 2.06. The molecule has 0 saturated heterocycles. The molecule has 0 saturated carbocycles. The molecule has 0 aliphatic rings. The summed E-state index contributed by atoms with van der Waals surface area (Å²) >= 11 is 1.53. The minimum atomic E-state index is -2.79. The van der Waals surface area contributed by atoms with Crippen molar-refractivity contribution in [3.05, 3.63) is 30.5 Å². The third-order valence-electron chi connectivity index (χ3n) is 2.40. The van der Waals surface area contributed by atoms with E-state index in [1.807, 2.05) is 0 Å². The second kappa shape index (κ2) is 6.47. The van der Waals surface area contributed by atoms with Gasteiger partial charge in [-0.15, -0.1) is 0 Å². The number of aromatic nitrogens is 1. The van der Waals surface area contributed by atoms with E-state index in [0.717, 1.165) is 28.5 Å². The minimum Gasteiger partial charge on any atom is -0.435 e. The van der Waals surface area contributed by atoms with Gasteiger partial charge in [-0.2, -0.15) is 8.78 Å². The molecule has 0 atom stereocenters. The molecule has 2 rings (SSSR count). The maximum atomic E-state index is 12.0. The predicted octanol–water partition coefficient (Wildman–Crippen LogP) is 4.23. The molecule has 0 aliphatic heterocycles. The Morgan fingerprint density at radius 2 is 2.05 bits per heavy atom. The van der Waals surface area contributed by atoms with Crippen LogP contribution >= 0.6 is 11.3 Å². The summed E-state index contributed by atoms with van der Waals surface area (Å²) in [6, 6.07) is 6.55. The van der Waals surface area contributed by atoms with E-state index >= 15 is 0 Å². The molecule has 3 nitrogen and oxygen atoms in total. The second-order valence-electron chi connectivity index (χ2n) is 3.86. The largest absolute Gasteiger partial charge is 0.435 e. The Morgan fingerprint density at radius 3 is 2.68 bits per heavy atom. The van der Waals surface area contributed by atoms with Crippen molar-refractivity contribution in [1.82, 2.24) is 4.98 Å². The summed E-state index contributed by atoms with van der Waals surface area (Å²) in [4.78, 5) is 5.25. The molecule has 1 N–H and O–H groups in total. The Bertz CT molecular complexity index is 514. The quantitative estimate of drug-likeness (QED) is 0.861. The van der Waals surface area contributed by atoms with Crippen molar-refractivity contribution < 1.29 is 13.5 Å². The summed E-state index contributed by atoms with van der Waals surface area (Å²) in [5.74, 6) is 0.160. The van der Waals surface area contributed by atoms with Crippen molar-refractivity contribution in [1.29, 1.82) is 0 Å². The highest BCUT2D eigenvalue weighted by Crippen LogP contribution is 2.30. The van der Waals surface area contributed by atoms with Crippen molar-refractivity contribution in [3.63, 3.8) is 0 Å². The van der Waals surface area contributed by atoms with Crippen LogP contribution in [0.1, 0.15) is 13.3 Å². The van der Waals surface area contributed by atoms with Crippen LogP contribution in [0.25, 0.3) is 10.4 Å². The molecule has 0 amide bonds. The molecule has 0 aliphatic carbocycles. The second-order valence-corrected chi connectivity index (χ2v) is 4.89. The third-order valence-corrected chi connectivity index (χ3v) is 3.40. The first-order valence-electron chi connectivity index (χ1n) is 5.94. The van der Waals surface area contributed by atoms with Gasteiger partial charge < -0.3 is 10.1 Å². The number of hydrogen-bond acceptors (Lipinski definition) is 4. The van der Waals surface area contributed by atoms with Crippen molar-refractivity contribution in [3.8, 4) is 16.2 Å². The van der Waals surface area contributed by atoms with E-state index in [1.165, 1.54) is 23.5 Å². The van der Waals surface area contributed by atoms with Crippen LogP contribution < -0.4 is 10.1 Å². The lowest BCUT2D eigenvalue weighted by atomic mass is 10.2. The van der Waals surface area contributed by atoms with E-state index in [0.29, 0.717) is 0 Å². The summed E-state index contributed by atoms with van der Waals surface area (Å²) < 4.78 is 28.4. The molecule has 1 heterocycles. The van der Waals surface area contributed by atoms with Gasteiger partial charge >= 0.3 is 6.61 Å². The monoisotopic (exact) mass is 284 g/mol. The molecule has 0 fully saturated rings. The lowest BCUT2D eigenvalue weighted by Crippen LogP contribution is -2.01. The van der Waals surface area contributed by atoms with Gasteiger partial charge in [-0.05, 0) is 36.2 Å². The standard InChI is InChI=1S/C13H14F2N2OS/c1-2-7-16-13-17-8-11(19-13)9-3-5-10(6-4-9)18-12(14)15/h3-6,8,12H,2,7H2,1H3,(H,16,17). The van der Waals surface area contributed by atoms with E-state index in [9.17, 15) is 8.78 Å². The number of nitrogens with one attached hydrogen (secondary N) is 1. The fourth-order valence-corrected chi connectivity index (χ4v) is 2.37. The number of halogens is 2. The number of thiazole rings is 1. The summed E-state index contributed by atoms with van der Waals surface area (Å²) in [7, 11) is 0. The number of ether oxygens (including phenoxy) is 1. The maximum Gasteiger partial charge on any atom is 0.387 e. The Morgan fingerprint density at radius 1 is 1.32 bits per heavy atom. The van der Waals surface area contributed by atoms with E-state index in [2.05, 4.69) is 22.0 Å². The van der Waals surface area contributed by atoms with Crippen LogP contribution in [-0.4, -0.2) is 18.1 Å². The molecule has 102 valence electrons. The topological polar surface area (TPSA) is 34.2 Å². The lowest BCUT2D eigenvalue weighted by molar-refractivity contribution is -0.0498. The van der Waals surface area contributed by atoms with Gasteiger partial charge in [-0.1, -0.05) is 18.3 Å². The van der Waals surface area contributed by atoms with Gasteiger partial charge in [0.15, 0.2) is 5.13 Å². The number of nitrogens with zero attached hydrogens (tertiary/aromatic N) is 1. The van der Waals surface area contributed by atoms with Crippen molar-refractivity contribution >= 4 is 16.5 Å². The molecule has 1 aromatic carbocycles. The highest BCUT2D eigenvalue weighted by atomic mass is 32.1. The molecule has 2 aromatic rings. The zero-order valence-electron chi connectivity index (χ0n) is 10.4. The molecule has 0 radical (unpaired) electrons. The SMILES string of the molecule is CCCNc1ncc(-c2ccc(OC(F)F)cc2)s1. The molecule has 0 bridgehead atoms. The number of hydrogen-bond donors (Lipinski definition) is 1. The molecule has 0 unspecified atom stereocenters. The van der Waals surface area contributed by atoms with Gasteiger partial charge in [0.25, 0.3) is 0 Å². The number of anilines is 1. The van der Waals surface area contributed by atoms with Crippen LogP contribution in [0.4, 0.5) is 13.9 Å². The first kappa shape index (κ1) is 13.7. The molecule has 0 spiro atoms. The smallest absolute Gasteiger partial charge is 0.387 e. The van der Waals surface area contributed by atoms with Crippen molar-refractivity contribution in [2.75, 3.05) is 11.9 Å². The molecular formula is C13H14F2N2OS. The summed E-state index contributed by atoms with van der Waals surface area (Å²) in [6.07, 6.45) is 2.81. The van der Waals surface area contributed by atoms with Gasteiger partial charge in [-0.3, -0.25) is 0 Å². The maximum absolute atomic E-state index is 12.0. The summed E-state index contributed by atoms with van der Waals surface area (Å²) in [5, 5.41) is 4.07. The van der Waals surface area contributed by atoms with Crippen LogP contribution in [0.2, 0.25) is 0 Å². The predicted molar refractivity (Wildman–Crippen MR) is 73.0 cm³/mol. The first-order valence-corrected chi connectivity index (χ1v) is 6.75. The first-order chi connectivity index (χ1) is 9.19. The van der Waals surface area contributed by atoms with Crippen molar-refractivity contribution in [2.24, 2.45) is 0 Å². The molecular weight excluding hydrogens is 270 g/mol. The highest BCUT2D eigenvalue weighted by molar-refractivity contribution is 7.18. The number of benzene rings is 1. The Labute approximate surface area is 114 Å². The zero-order valence-corrected chi connectivity index (χ0v) is 11.2. The van der Waals surface area contributed by atoms with Gasteiger partial charge in [-0.25, -0.2) is 4.98 Å². The summed E-state index contributed by atoms with van der Waals surface area (Å²) in [6.45, 7) is 0.177. The molecule has 6 heteroatoms. The normalized spacial score (nSPS) is 10.7. The Hall–Kier alpha value is -1.69. The van der Waals surface area contributed by atoms with Crippen LogP contribution in [0.5, 0.6) is 5.75 Å². The third kappa shape index (κ3) is 3.89. The van der Waals surface area contributed by atoms with E-state index in [-0.39, 0.29) is 5.75 Å². The fourth-order valence-electron chi connectivity index (χ4n) is 1.52. The van der Waals surface area contributed by atoms with E-state index < -0.39 is 6.61 Å². The van der Waals surface area contributed by atoms with Crippen LogP contribution in [0, 0.1) is 0 Å². The molecule has 19 heavy (non-hydrogen) atoms. The average molecular weight is 284 g/mol. The zero-order chi connectivity index (χ0) is 13.7. The number of alkyl halides is 2. The Kier molecular flexibility index (Phi) is 4.68. The van der Waals surface area contributed by atoms with Crippen molar-refractivity contribution in [2.45, 2.75) is 20.0 Å².